The van der Waals surface area contributed by atoms with Gasteiger partial charge in [-0.3, -0.25) is 4.79 Å². The van der Waals surface area contributed by atoms with Gasteiger partial charge in [0.05, 0.1) is 0 Å². The van der Waals surface area contributed by atoms with Crippen LogP contribution in [0.25, 0.3) is 0 Å². The van der Waals surface area contributed by atoms with E-state index in [4.69, 9.17) is 14.2 Å². The Morgan fingerprint density at radius 1 is 1.12 bits per heavy atom. The van der Waals surface area contributed by atoms with Crippen molar-refractivity contribution in [2.24, 2.45) is 0 Å². The molecule has 24 heavy (non-hydrogen) atoms. The molecule has 0 saturated heterocycles. The highest BCUT2D eigenvalue weighted by Crippen LogP contribution is 2.33. The molecular formula is C19H19NO4. The number of rotatable bonds is 4. The van der Waals surface area contributed by atoms with Gasteiger partial charge >= 0.3 is 0 Å². The Labute approximate surface area is 140 Å². The molecule has 5 heteroatoms. The monoisotopic (exact) mass is 325 g/mol. The molecule has 5 nitrogen and oxygen atoms in total. The number of hydrogen-bond acceptors (Lipinski definition) is 4. The summed E-state index contributed by atoms with van der Waals surface area (Å²) in [7, 11) is 0. The molecule has 124 valence electrons. The third kappa shape index (κ3) is 2.66. The van der Waals surface area contributed by atoms with Crippen LogP contribution in [0.15, 0.2) is 42.5 Å². The Morgan fingerprint density at radius 3 is 2.79 bits per heavy atom. The van der Waals surface area contributed by atoms with Crippen LogP contribution in [0.5, 0.6) is 17.2 Å². The lowest BCUT2D eigenvalue weighted by atomic mass is 10.1. The van der Waals surface area contributed by atoms with E-state index in [2.05, 4.69) is 0 Å². The summed E-state index contributed by atoms with van der Waals surface area (Å²) in [5, 5.41) is 0. The minimum absolute atomic E-state index is 0.0198. The van der Waals surface area contributed by atoms with Crippen molar-refractivity contribution in [2.75, 3.05) is 13.3 Å². The zero-order valence-electron chi connectivity index (χ0n) is 13.5. The van der Waals surface area contributed by atoms with E-state index in [1.807, 2.05) is 54.3 Å². The highest BCUT2D eigenvalue weighted by atomic mass is 16.7. The van der Waals surface area contributed by atoms with Gasteiger partial charge in [0.25, 0.3) is 5.91 Å². The molecule has 1 amide bonds. The number of likely N-dealkylation sites (N-methyl/N-ethyl adjacent to an activating group) is 1. The van der Waals surface area contributed by atoms with Gasteiger partial charge in [0, 0.05) is 19.5 Å². The normalized spacial score (nSPS) is 17.3. The Balaban J connectivity index is 1.47. The molecule has 0 fully saturated rings. The number of ether oxygens (including phenoxy) is 3. The molecule has 4 rings (SSSR count). The van der Waals surface area contributed by atoms with Crippen LogP contribution in [0.3, 0.4) is 0 Å². The minimum Gasteiger partial charge on any atom is -0.480 e. The van der Waals surface area contributed by atoms with Crippen LogP contribution in [0.1, 0.15) is 18.1 Å². The highest BCUT2D eigenvalue weighted by molar-refractivity contribution is 5.82. The van der Waals surface area contributed by atoms with Crippen molar-refractivity contribution in [3.05, 3.63) is 53.6 Å². The smallest absolute Gasteiger partial charge is 0.264 e. The summed E-state index contributed by atoms with van der Waals surface area (Å²) < 4.78 is 16.6. The Kier molecular flexibility index (Phi) is 3.76. The average molecular weight is 325 g/mol. The second-order valence-corrected chi connectivity index (χ2v) is 5.96. The minimum atomic E-state index is -0.434. The summed E-state index contributed by atoms with van der Waals surface area (Å²) in [6.07, 6.45) is 0.198. The van der Waals surface area contributed by atoms with Crippen molar-refractivity contribution < 1.29 is 19.0 Å². The van der Waals surface area contributed by atoms with Crippen molar-refractivity contribution in [1.82, 2.24) is 4.90 Å². The van der Waals surface area contributed by atoms with Crippen LogP contribution in [-0.4, -0.2) is 30.2 Å². The van der Waals surface area contributed by atoms with Crippen molar-refractivity contribution in [3.63, 3.8) is 0 Å². The highest BCUT2D eigenvalue weighted by Gasteiger charge is 2.31. The van der Waals surface area contributed by atoms with Crippen LogP contribution in [0.2, 0.25) is 0 Å². The molecule has 0 aromatic heterocycles. The number of benzene rings is 2. The fourth-order valence-electron chi connectivity index (χ4n) is 3.13. The maximum Gasteiger partial charge on any atom is 0.264 e. The molecule has 2 heterocycles. The molecule has 0 bridgehead atoms. The van der Waals surface area contributed by atoms with Crippen LogP contribution in [0, 0.1) is 0 Å². The molecule has 2 aromatic rings. The van der Waals surface area contributed by atoms with Gasteiger partial charge in [-0.1, -0.05) is 24.3 Å². The molecular weight excluding hydrogens is 306 g/mol. The van der Waals surface area contributed by atoms with Gasteiger partial charge in [0.2, 0.25) is 6.79 Å². The van der Waals surface area contributed by atoms with Crippen LogP contribution >= 0.6 is 0 Å². The number of carbonyl (C=O) groups excluding carboxylic acids is 1. The molecule has 0 saturated carbocycles. The van der Waals surface area contributed by atoms with Gasteiger partial charge in [-0.05, 0) is 36.2 Å². The first-order chi connectivity index (χ1) is 11.7. The third-order valence-corrected chi connectivity index (χ3v) is 4.43. The number of para-hydroxylation sites is 1. The zero-order valence-corrected chi connectivity index (χ0v) is 13.5. The van der Waals surface area contributed by atoms with Crippen molar-refractivity contribution in [2.45, 2.75) is 26.0 Å². The number of hydrogen-bond donors (Lipinski definition) is 0. The molecule has 2 aliphatic rings. The molecule has 0 spiro atoms. The second-order valence-electron chi connectivity index (χ2n) is 5.96. The van der Waals surface area contributed by atoms with E-state index in [-0.39, 0.29) is 12.7 Å². The van der Waals surface area contributed by atoms with Crippen molar-refractivity contribution in [1.29, 1.82) is 0 Å². The fraction of sp³-hybridized carbons (Fsp3) is 0.316. The second kappa shape index (κ2) is 6.07. The summed E-state index contributed by atoms with van der Waals surface area (Å²) >= 11 is 0. The zero-order chi connectivity index (χ0) is 16.5. The molecule has 0 aliphatic carbocycles. The molecule has 0 N–H and O–H groups in total. The van der Waals surface area contributed by atoms with Crippen LogP contribution in [0.4, 0.5) is 0 Å². The Hall–Kier alpha value is -2.69. The number of amides is 1. The van der Waals surface area contributed by atoms with E-state index in [1.54, 1.807) is 0 Å². The summed E-state index contributed by atoms with van der Waals surface area (Å²) in [6, 6.07) is 13.6. The topological polar surface area (TPSA) is 48.0 Å². The van der Waals surface area contributed by atoms with Gasteiger partial charge in [-0.2, -0.15) is 0 Å². The van der Waals surface area contributed by atoms with Crippen molar-refractivity contribution >= 4 is 5.91 Å². The SMILES string of the molecule is CCN(Cc1ccc2c(c1)OCO2)C(=O)C1Cc2ccccc2O1. The summed E-state index contributed by atoms with van der Waals surface area (Å²) in [5.74, 6) is 2.32. The maximum absolute atomic E-state index is 12.8. The summed E-state index contributed by atoms with van der Waals surface area (Å²) in [5.41, 5.74) is 2.11. The Bertz CT molecular complexity index is 749. The predicted molar refractivity (Wildman–Crippen MR) is 88.2 cm³/mol. The lowest BCUT2D eigenvalue weighted by Gasteiger charge is -2.24. The molecule has 1 atom stereocenters. The van der Waals surface area contributed by atoms with E-state index in [0.29, 0.717) is 19.5 Å². The first kappa shape index (κ1) is 14.9. The van der Waals surface area contributed by atoms with Gasteiger partial charge in [-0.25, -0.2) is 0 Å². The number of nitrogens with zero attached hydrogens (tertiary/aromatic N) is 1. The van der Waals surface area contributed by atoms with Gasteiger partial charge in [0.15, 0.2) is 17.6 Å². The largest absolute Gasteiger partial charge is 0.480 e. The molecule has 0 radical (unpaired) electrons. The van der Waals surface area contributed by atoms with Crippen molar-refractivity contribution in [3.8, 4) is 17.2 Å². The van der Waals surface area contributed by atoms with Crippen LogP contribution in [-0.2, 0) is 17.8 Å². The molecule has 2 aliphatic heterocycles. The fourth-order valence-corrected chi connectivity index (χ4v) is 3.13. The lowest BCUT2D eigenvalue weighted by Crippen LogP contribution is -2.40. The van der Waals surface area contributed by atoms with E-state index in [1.165, 1.54) is 0 Å². The average Bonchev–Trinajstić information content (AvgIpc) is 3.24. The first-order valence-electron chi connectivity index (χ1n) is 8.16. The standard InChI is InChI=1S/C19H19NO4/c1-2-20(11-13-7-8-16-17(9-13)23-12-22-16)19(21)18-10-14-5-3-4-6-15(14)24-18/h3-9,18H,2,10-12H2,1H3. The summed E-state index contributed by atoms with van der Waals surface area (Å²) in [6.45, 7) is 3.39. The van der Waals surface area contributed by atoms with E-state index in [0.717, 1.165) is 28.4 Å². The predicted octanol–water partition coefficient (Wildman–Crippen LogP) is 2.77. The van der Waals surface area contributed by atoms with Gasteiger partial charge in [0.1, 0.15) is 5.75 Å². The van der Waals surface area contributed by atoms with Gasteiger partial charge in [-0.15, -0.1) is 0 Å². The van der Waals surface area contributed by atoms with E-state index >= 15 is 0 Å². The summed E-state index contributed by atoms with van der Waals surface area (Å²) in [4.78, 5) is 14.6. The first-order valence-corrected chi connectivity index (χ1v) is 8.16. The van der Waals surface area contributed by atoms with Gasteiger partial charge < -0.3 is 19.1 Å². The lowest BCUT2D eigenvalue weighted by molar-refractivity contribution is -0.138. The van der Waals surface area contributed by atoms with Crippen LogP contribution < -0.4 is 14.2 Å². The number of carbonyl (C=O) groups is 1. The van der Waals surface area contributed by atoms with E-state index < -0.39 is 6.10 Å². The quantitative estimate of drug-likeness (QED) is 0.867. The molecule has 2 aromatic carbocycles. The molecule has 1 unspecified atom stereocenters. The Morgan fingerprint density at radius 2 is 1.96 bits per heavy atom. The third-order valence-electron chi connectivity index (χ3n) is 4.43. The van der Waals surface area contributed by atoms with E-state index in [9.17, 15) is 4.79 Å². The maximum atomic E-state index is 12.8. The number of fused-ring (bicyclic) bond motifs is 2.